The van der Waals surface area contributed by atoms with Gasteiger partial charge in [-0.1, -0.05) is 0 Å². The van der Waals surface area contributed by atoms with Gasteiger partial charge in [-0.25, -0.2) is 5.43 Å². The summed E-state index contributed by atoms with van der Waals surface area (Å²) in [7, 11) is 0. The summed E-state index contributed by atoms with van der Waals surface area (Å²) in [5.41, 5.74) is 12.3. The van der Waals surface area contributed by atoms with E-state index in [2.05, 4.69) is 10.9 Å². The van der Waals surface area contributed by atoms with Gasteiger partial charge in [-0.05, 0) is 18.9 Å². The Kier molecular flexibility index (Phi) is 2.27. The summed E-state index contributed by atoms with van der Waals surface area (Å²) >= 11 is 0. The van der Waals surface area contributed by atoms with Gasteiger partial charge in [0.05, 0.1) is 0 Å². The smallest absolute Gasteiger partial charge is 0.0345 e. The SMILES string of the molecule is NCC1CCN[N]C1. The molecule has 1 atom stereocenters. The molecule has 0 saturated carbocycles. The van der Waals surface area contributed by atoms with E-state index in [4.69, 9.17) is 5.73 Å². The van der Waals surface area contributed by atoms with Crippen molar-refractivity contribution in [1.82, 2.24) is 10.9 Å². The highest BCUT2D eigenvalue weighted by molar-refractivity contribution is 4.66. The number of nitrogens with zero attached hydrogens (tertiary/aromatic N) is 1. The van der Waals surface area contributed by atoms with Crippen LogP contribution in [0.1, 0.15) is 6.42 Å². The first-order valence-electron chi connectivity index (χ1n) is 3.03. The van der Waals surface area contributed by atoms with Gasteiger partial charge in [-0.2, -0.15) is 5.43 Å². The standard InChI is InChI=1S/C5H12N3/c6-3-5-1-2-7-8-4-5/h5,7H,1-4,6H2. The van der Waals surface area contributed by atoms with Crippen LogP contribution in [0.5, 0.6) is 0 Å². The van der Waals surface area contributed by atoms with Gasteiger partial charge in [-0.3, -0.25) is 0 Å². The number of hydrogen-bond donors (Lipinski definition) is 2. The van der Waals surface area contributed by atoms with Gasteiger partial charge in [0.2, 0.25) is 0 Å². The molecule has 3 heteroatoms. The van der Waals surface area contributed by atoms with Gasteiger partial charge in [-0.15, -0.1) is 0 Å². The van der Waals surface area contributed by atoms with Gasteiger partial charge in [0.1, 0.15) is 0 Å². The number of hydrogen-bond acceptors (Lipinski definition) is 2. The average Bonchev–Trinajstić information content (AvgIpc) is 1.90. The summed E-state index contributed by atoms with van der Waals surface area (Å²) in [6.07, 6.45) is 1.18. The first kappa shape index (κ1) is 6.01. The zero-order chi connectivity index (χ0) is 5.82. The molecule has 1 aliphatic rings. The topological polar surface area (TPSA) is 52.1 Å². The second-order valence-corrected chi connectivity index (χ2v) is 2.14. The van der Waals surface area contributed by atoms with E-state index in [1.807, 2.05) is 0 Å². The van der Waals surface area contributed by atoms with E-state index in [1.54, 1.807) is 0 Å². The molecule has 1 heterocycles. The fourth-order valence-corrected chi connectivity index (χ4v) is 0.825. The molecule has 1 radical (unpaired) electrons. The van der Waals surface area contributed by atoms with Crippen molar-refractivity contribution >= 4 is 0 Å². The van der Waals surface area contributed by atoms with E-state index in [-0.39, 0.29) is 0 Å². The van der Waals surface area contributed by atoms with E-state index in [0.29, 0.717) is 5.92 Å². The summed E-state index contributed by atoms with van der Waals surface area (Å²) in [5.74, 6) is 0.635. The minimum Gasteiger partial charge on any atom is -0.330 e. The highest BCUT2D eigenvalue weighted by atomic mass is 15.4. The Morgan fingerprint density at radius 1 is 1.75 bits per heavy atom. The third-order valence-electron chi connectivity index (χ3n) is 1.46. The second-order valence-electron chi connectivity index (χ2n) is 2.14. The lowest BCUT2D eigenvalue weighted by molar-refractivity contribution is 0.335. The maximum absolute atomic E-state index is 5.42. The second kappa shape index (κ2) is 3.02. The lowest BCUT2D eigenvalue weighted by Gasteiger charge is -2.19. The van der Waals surface area contributed by atoms with Crippen LogP contribution >= 0.6 is 0 Å². The van der Waals surface area contributed by atoms with Crippen LogP contribution in [0.3, 0.4) is 0 Å². The monoisotopic (exact) mass is 114 g/mol. The average molecular weight is 114 g/mol. The van der Waals surface area contributed by atoms with Crippen LogP contribution in [0.25, 0.3) is 0 Å². The maximum atomic E-state index is 5.42. The fourth-order valence-electron chi connectivity index (χ4n) is 0.825. The van der Waals surface area contributed by atoms with Crippen LogP contribution in [0.2, 0.25) is 0 Å². The van der Waals surface area contributed by atoms with E-state index in [9.17, 15) is 0 Å². The van der Waals surface area contributed by atoms with Crippen LogP contribution in [-0.2, 0) is 0 Å². The largest absolute Gasteiger partial charge is 0.330 e. The van der Waals surface area contributed by atoms with Crippen LogP contribution in [0.4, 0.5) is 0 Å². The van der Waals surface area contributed by atoms with Crippen molar-refractivity contribution < 1.29 is 0 Å². The van der Waals surface area contributed by atoms with Gasteiger partial charge < -0.3 is 5.73 Å². The van der Waals surface area contributed by atoms with Crippen LogP contribution in [-0.4, -0.2) is 19.6 Å². The zero-order valence-electron chi connectivity index (χ0n) is 4.93. The first-order chi connectivity index (χ1) is 3.93. The van der Waals surface area contributed by atoms with Crippen molar-refractivity contribution in [3.63, 3.8) is 0 Å². The Hall–Kier alpha value is -0.120. The van der Waals surface area contributed by atoms with Gasteiger partial charge >= 0.3 is 0 Å². The van der Waals surface area contributed by atoms with E-state index >= 15 is 0 Å². The van der Waals surface area contributed by atoms with Crippen LogP contribution < -0.4 is 16.6 Å². The van der Waals surface area contributed by atoms with Crippen molar-refractivity contribution in [1.29, 1.82) is 0 Å². The van der Waals surface area contributed by atoms with Crippen molar-refractivity contribution in [3.8, 4) is 0 Å². The number of nitrogens with one attached hydrogen (secondary N) is 1. The quantitative estimate of drug-likeness (QED) is 0.463. The van der Waals surface area contributed by atoms with Crippen molar-refractivity contribution in [2.75, 3.05) is 19.6 Å². The van der Waals surface area contributed by atoms with Crippen LogP contribution in [0, 0.1) is 5.92 Å². The molecule has 0 aliphatic carbocycles. The zero-order valence-corrected chi connectivity index (χ0v) is 4.93. The van der Waals surface area contributed by atoms with Gasteiger partial charge in [0.15, 0.2) is 0 Å². The molecule has 0 spiro atoms. The summed E-state index contributed by atoms with van der Waals surface area (Å²) in [4.78, 5) is 0. The molecular formula is C5H12N3. The lowest BCUT2D eigenvalue weighted by atomic mass is 10.1. The van der Waals surface area contributed by atoms with Crippen molar-refractivity contribution in [2.45, 2.75) is 6.42 Å². The number of nitrogens with two attached hydrogens (primary N) is 1. The molecule has 3 nitrogen and oxygen atoms in total. The van der Waals surface area contributed by atoms with Crippen LogP contribution in [0.15, 0.2) is 0 Å². The maximum Gasteiger partial charge on any atom is 0.0345 e. The molecule has 1 aliphatic heterocycles. The predicted molar refractivity (Wildman–Crippen MR) is 32.2 cm³/mol. The summed E-state index contributed by atoms with van der Waals surface area (Å²) < 4.78 is 0. The normalized spacial score (nSPS) is 30.4. The summed E-state index contributed by atoms with van der Waals surface area (Å²) in [6.45, 7) is 2.68. The fraction of sp³-hybridized carbons (Fsp3) is 1.00. The molecule has 1 saturated heterocycles. The predicted octanol–water partition coefficient (Wildman–Crippen LogP) is -0.926. The molecule has 8 heavy (non-hydrogen) atoms. The Balaban J connectivity index is 2.13. The molecule has 47 valence electrons. The first-order valence-corrected chi connectivity index (χ1v) is 3.03. The molecule has 0 amide bonds. The highest BCUT2D eigenvalue weighted by Crippen LogP contribution is 2.00. The third-order valence-corrected chi connectivity index (χ3v) is 1.46. The molecule has 0 aromatic heterocycles. The summed E-state index contributed by atoms with van der Waals surface area (Å²) in [5, 5.41) is 0. The Bertz CT molecular complexity index is 58.7. The Labute approximate surface area is 49.6 Å². The number of rotatable bonds is 1. The highest BCUT2D eigenvalue weighted by Gasteiger charge is 2.10. The molecule has 3 N–H and O–H groups in total. The third kappa shape index (κ3) is 1.43. The van der Waals surface area contributed by atoms with E-state index in [1.165, 1.54) is 6.42 Å². The Morgan fingerprint density at radius 2 is 2.62 bits per heavy atom. The van der Waals surface area contributed by atoms with Gasteiger partial charge in [0, 0.05) is 13.1 Å². The van der Waals surface area contributed by atoms with Gasteiger partial charge in [0.25, 0.3) is 0 Å². The molecular weight excluding hydrogens is 102 g/mol. The molecule has 1 fully saturated rings. The lowest BCUT2D eigenvalue weighted by Crippen LogP contribution is -2.39. The summed E-state index contributed by atoms with van der Waals surface area (Å²) in [6, 6.07) is 0. The molecule has 0 bridgehead atoms. The molecule has 0 aromatic rings. The van der Waals surface area contributed by atoms with Crippen molar-refractivity contribution in [2.24, 2.45) is 11.7 Å². The van der Waals surface area contributed by atoms with E-state index in [0.717, 1.165) is 19.6 Å². The minimum absolute atomic E-state index is 0.635. The molecule has 1 rings (SSSR count). The molecule has 0 aromatic carbocycles. The Morgan fingerprint density at radius 3 is 3.00 bits per heavy atom. The molecule has 1 unspecified atom stereocenters. The van der Waals surface area contributed by atoms with Crippen molar-refractivity contribution in [3.05, 3.63) is 0 Å². The minimum atomic E-state index is 0.635. The van der Waals surface area contributed by atoms with E-state index < -0.39 is 0 Å².